The minimum absolute atomic E-state index is 0.764. The van der Waals surface area contributed by atoms with Crippen LogP contribution in [-0.2, 0) is 6.42 Å². The van der Waals surface area contributed by atoms with E-state index >= 15 is 0 Å². The summed E-state index contributed by atoms with van der Waals surface area (Å²) in [5.74, 6) is 0.901. The van der Waals surface area contributed by atoms with Crippen LogP contribution >= 0.6 is 0 Å². The normalized spacial score (nSPS) is 18.2. The fourth-order valence-electron chi connectivity index (χ4n) is 2.34. The van der Waals surface area contributed by atoms with Gasteiger partial charge in [0.05, 0.1) is 0 Å². The number of hydrogen-bond acceptors (Lipinski definition) is 2. The van der Waals surface area contributed by atoms with Crippen LogP contribution in [0.25, 0.3) is 0 Å². The molecule has 2 rings (SSSR count). The van der Waals surface area contributed by atoms with Crippen LogP contribution in [0.4, 0.5) is 0 Å². The number of piperidine rings is 1. The highest BCUT2D eigenvalue weighted by molar-refractivity contribution is 5.74. The monoisotopic (exact) mass is 231 g/mol. The van der Waals surface area contributed by atoms with Gasteiger partial charge in [0.2, 0.25) is 0 Å². The predicted molar refractivity (Wildman–Crippen MR) is 70.4 cm³/mol. The Morgan fingerprint density at radius 2 is 1.88 bits per heavy atom. The summed E-state index contributed by atoms with van der Waals surface area (Å²) in [6.07, 6.45) is 4.66. The smallest absolute Gasteiger partial charge is 0.150 e. The molecule has 0 saturated carbocycles. The third kappa shape index (κ3) is 3.67. The number of benzene rings is 1. The van der Waals surface area contributed by atoms with Gasteiger partial charge in [-0.1, -0.05) is 31.2 Å². The van der Waals surface area contributed by atoms with E-state index in [4.69, 9.17) is 0 Å². The van der Waals surface area contributed by atoms with E-state index in [9.17, 15) is 4.79 Å². The molecular formula is C15H21NO. The van der Waals surface area contributed by atoms with Crippen LogP contribution in [0.2, 0.25) is 0 Å². The molecule has 1 aliphatic rings. The van der Waals surface area contributed by atoms with E-state index in [-0.39, 0.29) is 0 Å². The maximum absolute atomic E-state index is 10.5. The van der Waals surface area contributed by atoms with Gasteiger partial charge in [0.25, 0.3) is 0 Å². The summed E-state index contributed by atoms with van der Waals surface area (Å²) in [4.78, 5) is 13.1. The molecule has 0 amide bonds. The standard InChI is InChI=1S/C15H21NO/c1-13-6-9-16(10-7-13)11-8-14-2-4-15(12-17)5-3-14/h2-5,12-13H,6-11H2,1H3. The molecule has 1 aliphatic heterocycles. The second-order valence-electron chi connectivity index (χ2n) is 5.13. The quantitative estimate of drug-likeness (QED) is 0.743. The van der Waals surface area contributed by atoms with E-state index in [0.717, 1.165) is 30.7 Å². The van der Waals surface area contributed by atoms with Crippen LogP contribution in [0.3, 0.4) is 0 Å². The highest BCUT2D eigenvalue weighted by Gasteiger charge is 2.14. The van der Waals surface area contributed by atoms with Crippen molar-refractivity contribution in [1.29, 1.82) is 0 Å². The number of aldehydes is 1. The topological polar surface area (TPSA) is 20.3 Å². The third-order valence-electron chi connectivity index (χ3n) is 3.71. The fourth-order valence-corrected chi connectivity index (χ4v) is 2.34. The number of rotatable bonds is 4. The summed E-state index contributed by atoms with van der Waals surface area (Å²) in [7, 11) is 0. The first-order valence-corrected chi connectivity index (χ1v) is 6.54. The third-order valence-corrected chi connectivity index (χ3v) is 3.71. The fraction of sp³-hybridized carbons (Fsp3) is 0.533. The van der Waals surface area contributed by atoms with Gasteiger partial charge >= 0.3 is 0 Å². The average Bonchev–Trinajstić information content (AvgIpc) is 2.39. The maximum atomic E-state index is 10.5. The lowest BCUT2D eigenvalue weighted by molar-refractivity contribution is 0.112. The molecule has 0 aliphatic carbocycles. The van der Waals surface area contributed by atoms with E-state index in [1.807, 2.05) is 12.1 Å². The molecule has 2 heteroatoms. The number of likely N-dealkylation sites (tertiary alicyclic amines) is 1. The average molecular weight is 231 g/mol. The molecule has 0 aromatic heterocycles. The molecule has 0 radical (unpaired) electrons. The van der Waals surface area contributed by atoms with Crippen LogP contribution in [0, 0.1) is 5.92 Å². The Morgan fingerprint density at radius 1 is 1.24 bits per heavy atom. The van der Waals surface area contributed by atoms with Crippen molar-refractivity contribution in [3.8, 4) is 0 Å². The Hall–Kier alpha value is -1.15. The molecule has 17 heavy (non-hydrogen) atoms. The second kappa shape index (κ2) is 5.97. The van der Waals surface area contributed by atoms with Gasteiger partial charge in [0.15, 0.2) is 0 Å². The summed E-state index contributed by atoms with van der Waals surface area (Å²) in [5.41, 5.74) is 2.09. The van der Waals surface area contributed by atoms with Crippen molar-refractivity contribution in [2.24, 2.45) is 5.92 Å². The van der Waals surface area contributed by atoms with E-state index in [2.05, 4.69) is 24.0 Å². The van der Waals surface area contributed by atoms with E-state index in [0.29, 0.717) is 0 Å². The van der Waals surface area contributed by atoms with Crippen LogP contribution in [0.1, 0.15) is 35.7 Å². The van der Waals surface area contributed by atoms with Crippen molar-refractivity contribution in [2.75, 3.05) is 19.6 Å². The lowest BCUT2D eigenvalue weighted by Gasteiger charge is -2.30. The first kappa shape index (κ1) is 12.3. The Labute approximate surface area is 104 Å². The molecule has 0 N–H and O–H groups in total. The van der Waals surface area contributed by atoms with E-state index in [1.165, 1.54) is 31.5 Å². The summed E-state index contributed by atoms with van der Waals surface area (Å²) in [5, 5.41) is 0. The highest BCUT2D eigenvalue weighted by atomic mass is 16.1. The Bertz CT molecular complexity index is 350. The number of carbonyl (C=O) groups excluding carboxylic acids is 1. The predicted octanol–water partition coefficient (Wildman–Crippen LogP) is 2.77. The molecule has 92 valence electrons. The molecule has 1 heterocycles. The first-order chi connectivity index (χ1) is 8.28. The maximum Gasteiger partial charge on any atom is 0.150 e. The van der Waals surface area contributed by atoms with Gasteiger partial charge < -0.3 is 4.90 Å². The minimum atomic E-state index is 0.764. The van der Waals surface area contributed by atoms with Crippen LogP contribution < -0.4 is 0 Å². The first-order valence-electron chi connectivity index (χ1n) is 6.54. The zero-order chi connectivity index (χ0) is 12.1. The zero-order valence-corrected chi connectivity index (χ0v) is 10.6. The molecule has 0 spiro atoms. The molecule has 2 nitrogen and oxygen atoms in total. The summed E-state index contributed by atoms with van der Waals surface area (Å²) < 4.78 is 0. The van der Waals surface area contributed by atoms with Crippen molar-refractivity contribution >= 4 is 6.29 Å². The Morgan fingerprint density at radius 3 is 2.47 bits per heavy atom. The molecule has 1 fully saturated rings. The molecule has 0 atom stereocenters. The van der Waals surface area contributed by atoms with Gasteiger partial charge in [-0.15, -0.1) is 0 Å². The largest absolute Gasteiger partial charge is 0.303 e. The Balaban J connectivity index is 1.79. The molecule has 1 aromatic carbocycles. The number of hydrogen-bond donors (Lipinski definition) is 0. The van der Waals surface area contributed by atoms with Gasteiger partial charge in [-0.25, -0.2) is 0 Å². The minimum Gasteiger partial charge on any atom is -0.303 e. The van der Waals surface area contributed by atoms with Gasteiger partial charge in [-0.3, -0.25) is 4.79 Å². The van der Waals surface area contributed by atoms with Gasteiger partial charge in [0, 0.05) is 12.1 Å². The second-order valence-corrected chi connectivity index (χ2v) is 5.13. The van der Waals surface area contributed by atoms with E-state index < -0.39 is 0 Å². The zero-order valence-electron chi connectivity index (χ0n) is 10.6. The van der Waals surface area contributed by atoms with E-state index in [1.54, 1.807) is 0 Å². The molecular weight excluding hydrogens is 210 g/mol. The summed E-state index contributed by atoms with van der Waals surface area (Å²) in [6.45, 7) is 5.98. The molecule has 0 bridgehead atoms. The number of carbonyl (C=O) groups is 1. The van der Waals surface area contributed by atoms with Crippen LogP contribution in [0.5, 0.6) is 0 Å². The molecule has 0 unspecified atom stereocenters. The van der Waals surface area contributed by atoms with Gasteiger partial charge in [-0.05, 0) is 43.8 Å². The van der Waals surface area contributed by atoms with Gasteiger partial charge in [0.1, 0.15) is 6.29 Å². The number of nitrogens with zero attached hydrogens (tertiary/aromatic N) is 1. The SMILES string of the molecule is CC1CCN(CCc2ccc(C=O)cc2)CC1. The van der Waals surface area contributed by atoms with Crippen molar-refractivity contribution < 1.29 is 4.79 Å². The van der Waals surface area contributed by atoms with Crippen molar-refractivity contribution in [3.63, 3.8) is 0 Å². The lowest BCUT2D eigenvalue weighted by atomic mass is 9.99. The molecule has 1 saturated heterocycles. The van der Waals surface area contributed by atoms with Crippen molar-refractivity contribution in [2.45, 2.75) is 26.2 Å². The van der Waals surface area contributed by atoms with Crippen molar-refractivity contribution in [1.82, 2.24) is 4.90 Å². The summed E-state index contributed by atoms with van der Waals surface area (Å²) >= 11 is 0. The Kier molecular flexibility index (Phi) is 4.32. The lowest BCUT2D eigenvalue weighted by Crippen LogP contribution is -2.34. The molecule has 1 aromatic rings. The van der Waals surface area contributed by atoms with Crippen LogP contribution in [-0.4, -0.2) is 30.8 Å². The van der Waals surface area contributed by atoms with Gasteiger partial charge in [-0.2, -0.15) is 0 Å². The van der Waals surface area contributed by atoms with Crippen molar-refractivity contribution in [3.05, 3.63) is 35.4 Å². The highest BCUT2D eigenvalue weighted by Crippen LogP contribution is 2.16. The summed E-state index contributed by atoms with van der Waals surface area (Å²) in [6, 6.07) is 7.94. The van der Waals surface area contributed by atoms with Crippen LogP contribution in [0.15, 0.2) is 24.3 Å².